The molecule has 19 heavy (non-hydrogen) atoms. The van der Waals surface area contributed by atoms with E-state index >= 15 is 0 Å². The van der Waals surface area contributed by atoms with Crippen molar-refractivity contribution in [1.29, 1.82) is 0 Å². The summed E-state index contributed by atoms with van der Waals surface area (Å²) in [6, 6.07) is 3.28. The maximum atomic E-state index is 12.2. The molecule has 2 heterocycles. The Kier molecular flexibility index (Phi) is 3.56. The van der Waals surface area contributed by atoms with E-state index < -0.39 is 25.1 Å². The molecule has 0 radical (unpaired) electrons. The third-order valence-corrected chi connectivity index (χ3v) is 3.18. The first-order valence-corrected chi connectivity index (χ1v) is 6.04. The van der Waals surface area contributed by atoms with Crippen LogP contribution in [-0.2, 0) is 6.54 Å². The van der Waals surface area contributed by atoms with Crippen molar-refractivity contribution >= 4 is 17.3 Å². The van der Waals surface area contributed by atoms with Gasteiger partial charge in [0.2, 0.25) is 0 Å². The molecule has 0 aliphatic rings. The molecule has 9 heteroatoms. The molecule has 102 valence electrons. The second-order valence-corrected chi connectivity index (χ2v) is 4.61. The molecule has 0 unspecified atom stereocenters. The summed E-state index contributed by atoms with van der Waals surface area (Å²) in [5, 5.41) is 17.6. The summed E-state index contributed by atoms with van der Waals surface area (Å²) in [5.74, 6) is -1.32. The van der Waals surface area contributed by atoms with Gasteiger partial charge in [-0.15, -0.1) is 16.4 Å². The van der Waals surface area contributed by atoms with Crippen LogP contribution in [0.25, 0.3) is 10.6 Å². The molecular formula is C10H8F3N3O2S. The van der Waals surface area contributed by atoms with Crippen LogP contribution >= 0.6 is 11.3 Å². The van der Waals surface area contributed by atoms with Gasteiger partial charge < -0.3 is 5.11 Å². The molecule has 0 saturated heterocycles. The van der Waals surface area contributed by atoms with Crippen molar-refractivity contribution < 1.29 is 23.1 Å². The number of aryl methyl sites for hydroxylation is 1. The molecule has 0 saturated carbocycles. The van der Waals surface area contributed by atoms with Gasteiger partial charge in [0.1, 0.15) is 5.69 Å². The Bertz CT molecular complexity index is 577. The Balaban J connectivity index is 2.37. The van der Waals surface area contributed by atoms with Crippen LogP contribution in [0.2, 0.25) is 0 Å². The minimum absolute atomic E-state index is 0.103. The number of rotatable bonds is 4. The first-order valence-electron chi connectivity index (χ1n) is 5.16. The maximum Gasteiger partial charge on any atom is 0.390 e. The van der Waals surface area contributed by atoms with Crippen LogP contribution in [-0.4, -0.2) is 32.2 Å². The topological polar surface area (TPSA) is 68.0 Å². The van der Waals surface area contributed by atoms with E-state index in [1.54, 1.807) is 17.5 Å². The van der Waals surface area contributed by atoms with E-state index in [1.165, 1.54) is 11.3 Å². The van der Waals surface area contributed by atoms with Crippen molar-refractivity contribution in [3.63, 3.8) is 0 Å². The highest BCUT2D eigenvalue weighted by Crippen LogP contribution is 2.28. The smallest absolute Gasteiger partial charge is 0.390 e. The SMILES string of the molecule is O=C(O)c1nnn(CCC(F)(F)F)c1-c1cccs1. The van der Waals surface area contributed by atoms with Crippen molar-refractivity contribution in [2.24, 2.45) is 0 Å². The normalized spacial score (nSPS) is 11.7. The number of thiophene rings is 1. The maximum absolute atomic E-state index is 12.2. The van der Waals surface area contributed by atoms with E-state index in [0.717, 1.165) is 4.68 Å². The minimum Gasteiger partial charge on any atom is -0.476 e. The fraction of sp³-hybridized carbons (Fsp3) is 0.300. The molecule has 5 nitrogen and oxygen atoms in total. The monoisotopic (exact) mass is 291 g/mol. The van der Waals surface area contributed by atoms with Crippen LogP contribution in [0.1, 0.15) is 16.9 Å². The van der Waals surface area contributed by atoms with Gasteiger partial charge in [0, 0.05) is 0 Å². The molecule has 0 amide bonds. The molecule has 2 aromatic rings. The van der Waals surface area contributed by atoms with Gasteiger partial charge in [-0.05, 0) is 11.4 Å². The highest BCUT2D eigenvalue weighted by atomic mass is 32.1. The van der Waals surface area contributed by atoms with E-state index in [4.69, 9.17) is 5.11 Å². The molecule has 0 atom stereocenters. The molecule has 0 bridgehead atoms. The van der Waals surface area contributed by atoms with E-state index in [0.29, 0.717) is 4.88 Å². The summed E-state index contributed by atoms with van der Waals surface area (Å²) in [6.07, 6.45) is -5.42. The fourth-order valence-electron chi connectivity index (χ4n) is 1.50. The second kappa shape index (κ2) is 5.00. The fourth-order valence-corrected chi connectivity index (χ4v) is 2.28. The summed E-state index contributed by atoms with van der Waals surface area (Å²) >= 11 is 1.21. The summed E-state index contributed by atoms with van der Waals surface area (Å²) in [5.41, 5.74) is -0.239. The zero-order valence-electron chi connectivity index (χ0n) is 9.39. The van der Waals surface area contributed by atoms with Gasteiger partial charge in [-0.25, -0.2) is 9.48 Å². The largest absolute Gasteiger partial charge is 0.476 e. The Labute approximate surface area is 109 Å². The molecule has 1 N–H and O–H groups in total. The molecule has 2 aromatic heterocycles. The van der Waals surface area contributed by atoms with Gasteiger partial charge in [0.25, 0.3) is 0 Å². The number of aromatic carboxylic acids is 1. The summed E-state index contributed by atoms with van der Waals surface area (Å²) in [4.78, 5) is 11.5. The summed E-state index contributed by atoms with van der Waals surface area (Å²) < 4.78 is 37.6. The van der Waals surface area contributed by atoms with Gasteiger partial charge in [-0.2, -0.15) is 13.2 Å². The number of hydrogen-bond acceptors (Lipinski definition) is 4. The van der Waals surface area contributed by atoms with Crippen LogP contribution in [0.3, 0.4) is 0 Å². The number of carboxylic acids is 1. The number of alkyl halides is 3. The quantitative estimate of drug-likeness (QED) is 0.940. The van der Waals surface area contributed by atoms with Crippen LogP contribution in [0, 0.1) is 0 Å². The number of carboxylic acid groups (broad SMARTS) is 1. The molecule has 2 rings (SSSR count). The Morgan fingerprint density at radius 3 is 2.74 bits per heavy atom. The number of halogens is 3. The average Bonchev–Trinajstić information content (AvgIpc) is 2.93. The van der Waals surface area contributed by atoms with Gasteiger partial charge in [0.15, 0.2) is 5.69 Å². The Morgan fingerprint density at radius 2 is 2.21 bits per heavy atom. The number of aromatic nitrogens is 3. The molecule has 0 aliphatic heterocycles. The van der Waals surface area contributed by atoms with Crippen LogP contribution in [0.4, 0.5) is 13.2 Å². The van der Waals surface area contributed by atoms with Gasteiger partial charge in [-0.3, -0.25) is 0 Å². The number of nitrogens with zero attached hydrogens (tertiary/aromatic N) is 3. The van der Waals surface area contributed by atoms with E-state index in [9.17, 15) is 18.0 Å². The molecule has 0 spiro atoms. The zero-order valence-corrected chi connectivity index (χ0v) is 10.2. The van der Waals surface area contributed by atoms with Crippen molar-refractivity contribution in [3.05, 3.63) is 23.2 Å². The predicted molar refractivity (Wildman–Crippen MR) is 61.0 cm³/mol. The molecule has 0 aromatic carbocycles. The summed E-state index contributed by atoms with van der Waals surface area (Å²) in [6.45, 7) is -0.461. The van der Waals surface area contributed by atoms with Gasteiger partial charge in [-0.1, -0.05) is 11.3 Å². The first kappa shape index (κ1) is 13.5. The van der Waals surface area contributed by atoms with Crippen molar-refractivity contribution in [2.75, 3.05) is 0 Å². The minimum atomic E-state index is -4.33. The highest BCUT2D eigenvalue weighted by molar-refractivity contribution is 7.13. The second-order valence-electron chi connectivity index (χ2n) is 3.66. The lowest BCUT2D eigenvalue weighted by Gasteiger charge is -2.08. The predicted octanol–water partition coefficient (Wildman–Crippen LogP) is 2.66. The lowest BCUT2D eigenvalue weighted by molar-refractivity contribution is -0.137. The molecule has 0 aliphatic carbocycles. The average molecular weight is 291 g/mol. The van der Waals surface area contributed by atoms with Crippen LogP contribution in [0.5, 0.6) is 0 Å². The third kappa shape index (κ3) is 3.11. The summed E-state index contributed by atoms with van der Waals surface area (Å²) in [7, 11) is 0. The lowest BCUT2D eigenvalue weighted by atomic mass is 10.2. The van der Waals surface area contributed by atoms with Crippen LogP contribution < -0.4 is 0 Å². The van der Waals surface area contributed by atoms with E-state index in [1.807, 2.05) is 0 Å². The van der Waals surface area contributed by atoms with Gasteiger partial charge >= 0.3 is 12.1 Å². The Morgan fingerprint density at radius 1 is 1.47 bits per heavy atom. The molecular weight excluding hydrogens is 283 g/mol. The van der Waals surface area contributed by atoms with Crippen LogP contribution in [0.15, 0.2) is 17.5 Å². The Hall–Kier alpha value is -1.90. The first-order chi connectivity index (χ1) is 8.88. The van der Waals surface area contributed by atoms with Crippen molar-refractivity contribution in [2.45, 2.75) is 19.1 Å². The van der Waals surface area contributed by atoms with Crippen molar-refractivity contribution in [1.82, 2.24) is 15.0 Å². The van der Waals surface area contributed by atoms with E-state index in [-0.39, 0.29) is 11.4 Å². The molecule has 0 fully saturated rings. The van der Waals surface area contributed by atoms with E-state index in [2.05, 4.69) is 10.3 Å². The number of carbonyl (C=O) groups is 1. The highest BCUT2D eigenvalue weighted by Gasteiger charge is 2.29. The zero-order chi connectivity index (χ0) is 14.0. The lowest BCUT2D eigenvalue weighted by Crippen LogP contribution is -2.14. The third-order valence-electron chi connectivity index (χ3n) is 2.30. The van der Waals surface area contributed by atoms with Gasteiger partial charge in [0.05, 0.1) is 17.8 Å². The number of hydrogen-bond donors (Lipinski definition) is 1. The van der Waals surface area contributed by atoms with Crippen molar-refractivity contribution in [3.8, 4) is 10.6 Å². The standard InChI is InChI=1S/C10H8F3N3O2S/c11-10(12,13)3-4-16-8(6-2-1-5-19-6)7(9(17)18)14-15-16/h1-2,5H,3-4H2,(H,17,18).